The van der Waals surface area contributed by atoms with E-state index in [0.29, 0.717) is 17.8 Å². The first-order chi connectivity index (χ1) is 8.75. The summed E-state index contributed by atoms with van der Waals surface area (Å²) in [6.45, 7) is 2.79. The first-order valence-electron chi connectivity index (χ1n) is 6.70. The number of carbonyl (C=O) groups excluding carboxylic acids is 1. The second kappa shape index (κ2) is 5.28. The predicted molar refractivity (Wildman–Crippen MR) is 79.9 cm³/mol. The van der Waals surface area contributed by atoms with E-state index >= 15 is 0 Å². The van der Waals surface area contributed by atoms with Crippen LogP contribution in [0.3, 0.4) is 0 Å². The highest BCUT2D eigenvalue weighted by atomic mass is 127. The highest BCUT2D eigenvalue weighted by molar-refractivity contribution is 14.1. The molecule has 0 saturated carbocycles. The first kappa shape index (κ1) is 12.6. The molecule has 98 valence electrons. The summed E-state index contributed by atoms with van der Waals surface area (Å²) in [6.07, 6.45) is 8.39. The highest BCUT2D eigenvalue weighted by Gasteiger charge is 2.42. The normalized spacial score (nSPS) is 32.3. The van der Waals surface area contributed by atoms with Crippen LogP contribution in [0, 0.1) is 0 Å². The molecule has 1 amide bonds. The van der Waals surface area contributed by atoms with E-state index in [9.17, 15) is 4.79 Å². The molecule has 18 heavy (non-hydrogen) atoms. The number of amides is 1. The van der Waals surface area contributed by atoms with Gasteiger partial charge in [-0.1, -0.05) is 6.08 Å². The number of halogens is 1. The maximum Gasteiger partial charge on any atom is 0.272 e. The van der Waals surface area contributed by atoms with Crippen molar-refractivity contribution in [2.45, 2.75) is 37.8 Å². The second-order valence-electron chi connectivity index (χ2n) is 5.24. The minimum absolute atomic E-state index is 0.158. The van der Waals surface area contributed by atoms with Crippen LogP contribution in [-0.2, 0) is 4.79 Å². The number of rotatable bonds is 1. The van der Waals surface area contributed by atoms with Gasteiger partial charge in [-0.3, -0.25) is 9.79 Å². The maximum atomic E-state index is 12.6. The number of allylic oxidation sites excluding steroid dienone is 1. The van der Waals surface area contributed by atoms with Gasteiger partial charge in [-0.05, 0) is 31.8 Å². The molecule has 0 aromatic carbocycles. The number of nitrogens with zero attached hydrogens (tertiary/aromatic N) is 3. The Morgan fingerprint density at radius 2 is 2.06 bits per heavy atom. The van der Waals surface area contributed by atoms with E-state index in [1.165, 1.54) is 0 Å². The number of hydrogen-bond donors (Lipinski definition) is 0. The topological polar surface area (TPSA) is 35.9 Å². The van der Waals surface area contributed by atoms with Gasteiger partial charge in [0.1, 0.15) is 5.71 Å². The van der Waals surface area contributed by atoms with Gasteiger partial charge in [-0.25, -0.2) is 3.11 Å². The average Bonchev–Trinajstić information content (AvgIpc) is 2.59. The average molecular weight is 359 g/mol. The number of fused-ring (bicyclic) bond motifs is 2. The second-order valence-corrected chi connectivity index (χ2v) is 6.60. The third-order valence-corrected chi connectivity index (χ3v) is 4.77. The summed E-state index contributed by atoms with van der Waals surface area (Å²) < 4.78 is 2.31. The zero-order chi connectivity index (χ0) is 12.5. The monoisotopic (exact) mass is 359 g/mol. The summed E-state index contributed by atoms with van der Waals surface area (Å²) in [6, 6.07) is 0.792. The van der Waals surface area contributed by atoms with Crippen molar-refractivity contribution in [3.63, 3.8) is 0 Å². The molecule has 3 aliphatic rings. The maximum absolute atomic E-state index is 12.6. The molecule has 0 N–H and O–H groups in total. The largest absolute Gasteiger partial charge is 0.329 e. The van der Waals surface area contributed by atoms with Gasteiger partial charge in [0, 0.05) is 54.6 Å². The lowest BCUT2D eigenvalue weighted by molar-refractivity contribution is -0.128. The molecule has 2 unspecified atom stereocenters. The predicted octanol–water partition coefficient (Wildman–Crippen LogP) is 1.80. The van der Waals surface area contributed by atoms with Crippen LogP contribution < -0.4 is 0 Å². The van der Waals surface area contributed by atoms with E-state index in [1.807, 2.05) is 6.08 Å². The van der Waals surface area contributed by atoms with Crippen LogP contribution in [0.25, 0.3) is 0 Å². The van der Waals surface area contributed by atoms with Gasteiger partial charge >= 0.3 is 0 Å². The minimum Gasteiger partial charge on any atom is -0.329 e. The van der Waals surface area contributed by atoms with Crippen molar-refractivity contribution in [1.29, 1.82) is 0 Å². The van der Waals surface area contributed by atoms with Gasteiger partial charge in [-0.15, -0.1) is 0 Å². The van der Waals surface area contributed by atoms with Crippen molar-refractivity contribution < 1.29 is 4.79 Å². The molecule has 2 bridgehead atoms. The fourth-order valence-electron chi connectivity index (χ4n) is 3.11. The Morgan fingerprint density at radius 1 is 1.33 bits per heavy atom. The van der Waals surface area contributed by atoms with E-state index in [4.69, 9.17) is 0 Å². The molecule has 4 nitrogen and oxygen atoms in total. The van der Waals surface area contributed by atoms with Crippen LogP contribution in [0.15, 0.2) is 17.1 Å². The van der Waals surface area contributed by atoms with Gasteiger partial charge in [0.15, 0.2) is 0 Å². The van der Waals surface area contributed by atoms with E-state index in [2.05, 4.69) is 41.9 Å². The summed E-state index contributed by atoms with van der Waals surface area (Å²) in [5, 5.41) is 0. The van der Waals surface area contributed by atoms with Gasteiger partial charge in [0.25, 0.3) is 5.91 Å². The zero-order valence-corrected chi connectivity index (χ0v) is 12.5. The third-order valence-electron chi connectivity index (χ3n) is 3.98. The molecule has 3 aliphatic heterocycles. The number of piperazine rings is 1. The Morgan fingerprint density at radius 3 is 2.78 bits per heavy atom. The van der Waals surface area contributed by atoms with Crippen molar-refractivity contribution in [1.82, 2.24) is 8.01 Å². The van der Waals surface area contributed by atoms with Crippen molar-refractivity contribution in [3.05, 3.63) is 12.2 Å². The molecule has 3 rings (SSSR count). The summed E-state index contributed by atoms with van der Waals surface area (Å²) in [4.78, 5) is 19.1. The highest BCUT2D eigenvalue weighted by Crippen LogP contribution is 2.31. The van der Waals surface area contributed by atoms with Crippen LogP contribution in [0.1, 0.15) is 25.7 Å². The van der Waals surface area contributed by atoms with Crippen LogP contribution in [-0.4, -0.2) is 51.4 Å². The lowest BCUT2D eigenvalue weighted by Crippen LogP contribution is -2.54. The van der Waals surface area contributed by atoms with E-state index in [-0.39, 0.29) is 5.91 Å². The SMILES string of the molecule is O=C(C1=NCCCC=C1)N1C2CCC1CN(I)C2. The molecular weight excluding hydrogens is 341 g/mol. The lowest BCUT2D eigenvalue weighted by atomic mass is 10.2. The van der Waals surface area contributed by atoms with Crippen LogP contribution >= 0.6 is 22.9 Å². The summed E-state index contributed by atoms with van der Waals surface area (Å²) in [7, 11) is 0. The Balaban J connectivity index is 1.79. The van der Waals surface area contributed by atoms with Gasteiger partial charge in [-0.2, -0.15) is 0 Å². The minimum atomic E-state index is 0.158. The van der Waals surface area contributed by atoms with Crippen LogP contribution in [0.4, 0.5) is 0 Å². The van der Waals surface area contributed by atoms with Crippen molar-refractivity contribution in [2.24, 2.45) is 4.99 Å². The Hall–Kier alpha value is -0.430. The molecule has 2 saturated heterocycles. The zero-order valence-electron chi connectivity index (χ0n) is 10.4. The first-order valence-corrected chi connectivity index (χ1v) is 7.66. The molecule has 0 spiro atoms. The fraction of sp³-hybridized carbons (Fsp3) is 0.692. The smallest absolute Gasteiger partial charge is 0.272 e. The molecule has 3 heterocycles. The molecule has 2 atom stereocenters. The summed E-state index contributed by atoms with van der Waals surface area (Å²) in [5.74, 6) is 0.158. The number of hydrogen-bond acceptors (Lipinski definition) is 3. The molecule has 2 fully saturated rings. The quantitative estimate of drug-likeness (QED) is 0.529. The van der Waals surface area contributed by atoms with E-state index < -0.39 is 0 Å². The fourth-order valence-corrected chi connectivity index (χ4v) is 4.02. The Labute approximate surface area is 122 Å². The van der Waals surface area contributed by atoms with Crippen LogP contribution in [0.2, 0.25) is 0 Å². The molecular formula is C13H18IN3O. The number of aliphatic imine (C=N–C) groups is 1. The van der Waals surface area contributed by atoms with E-state index in [1.54, 1.807) is 0 Å². The molecule has 5 heteroatoms. The van der Waals surface area contributed by atoms with Gasteiger partial charge in [0.05, 0.1) is 0 Å². The van der Waals surface area contributed by atoms with Crippen LogP contribution in [0.5, 0.6) is 0 Å². The van der Waals surface area contributed by atoms with Crippen molar-refractivity contribution in [2.75, 3.05) is 19.6 Å². The Bertz CT molecular complexity index is 393. The van der Waals surface area contributed by atoms with E-state index in [0.717, 1.165) is 45.3 Å². The Kier molecular flexibility index (Phi) is 3.70. The lowest BCUT2D eigenvalue weighted by Gasteiger charge is -2.38. The molecule has 0 aromatic heterocycles. The molecule has 0 aromatic rings. The molecule has 0 radical (unpaired) electrons. The van der Waals surface area contributed by atoms with Gasteiger partial charge < -0.3 is 4.90 Å². The number of carbonyl (C=O) groups is 1. The standard InChI is InChI=1S/C13H18IN3O/c14-16-8-10-5-6-11(9-16)17(10)13(18)12-4-2-1-3-7-15-12/h2,4,10-11H,1,3,5-9H2. The molecule has 0 aliphatic carbocycles. The van der Waals surface area contributed by atoms with Gasteiger partial charge in [0.2, 0.25) is 0 Å². The summed E-state index contributed by atoms with van der Waals surface area (Å²) >= 11 is 2.37. The third kappa shape index (κ3) is 2.34. The summed E-state index contributed by atoms with van der Waals surface area (Å²) in [5.41, 5.74) is 0.673. The van der Waals surface area contributed by atoms with Crippen molar-refractivity contribution >= 4 is 34.5 Å². The van der Waals surface area contributed by atoms with Crippen molar-refractivity contribution in [3.8, 4) is 0 Å².